The number of hydrogen-bond donors (Lipinski definition) is 2. The monoisotopic (exact) mass is 767 g/mol. The van der Waals surface area contributed by atoms with E-state index < -0.39 is 45.5 Å². The van der Waals surface area contributed by atoms with Crippen LogP contribution < -0.4 is 0 Å². The van der Waals surface area contributed by atoms with Crippen LogP contribution in [0.25, 0.3) is 0 Å². The van der Waals surface area contributed by atoms with Gasteiger partial charge in [-0.25, -0.2) is 0 Å². The minimum absolute atomic E-state index is 0.0652. The molecule has 0 aliphatic rings. The van der Waals surface area contributed by atoms with E-state index in [2.05, 4.69) is 78.6 Å². The number of amides is 1. The number of hydrogen-bond acceptors (Lipinski definition) is 9. The summed E-state index contributed by atoms with van der Waals surface area (Å²) in [7, 11) is -5.80. The van der Waals surface area contributed by atoms with E-state index in [-0.39, 0.29) is 44.0 Å². The van der Waals surface area contributed by atoms with E-state index >= 15 is 0 Å². The summed E-state index contributed by atoms with van der Waals surface area (Å²) in [5.74, 6) is -0.528. The standard InChI is InChI=1S/C31H69NO9Si6/c1-15-26(2)29(35)32(22-27(33)24-36-18-16-20-42-30(38-44(3,4)5)39-45(6,7)8)23-28(34)25-37-19-17-21-43-31(40-46(9,10)11)41-47(12,13)14/h15,27-28,30-31,33-34H,16-25H2,1-14H3. The molecule has 0 rings (SSSR count). The van der Waals surface area contributed by atoms with Gasteiger partial charge in [0.05, 0.1) is 25.4 Å². The highest BCUT2D eigenvalue weighted by Crippen LogP contribution is 2.16. The lowest BCUT2D eigenvalue weighted by molar-refractivity contribution is -0.131. The molecule has 0 aliphatic heterocycles. The predicted molar refractivity (Wildman–Crippen MR) is 205 cm³/mol. The van der Waals surface area contributed by atoms with Crippen LogP contribution in [0.4, 0.5) is 0 Å². The molecule has 0 spiro atoms. The van der Waals surface area contributed by atoms with Crippen molar-refractivity contribution < 1.29 is 42.2 Å². The molecule has 0 saturated carbocycles. The van der Waals surface area contributed by atoms with Gasteiger partial charge in [0.15, 0.2) is 33.3 Å². The van der Waals surface area contributed by atoms with E-state index in [1.165, 1.54) is 4.90 Å². The number of rotatable bonds is 27. The van der Waals surface area contributed by atoms with Gasteiger partial charge in [-0.3, -0.25) is 4.79 Å². The summed E-state index contributed by atoms with van der Waals surface area (Å²) in [5.41, 5.74) is 0.555. The van der Waals surface area contributed by atoms with Gasteiger partial charge in [-0.2, -0.15) is 0 Å². The molecule has 0 aromatic rings. The summed E-state index contributed by atoms with van der Waals surface area (Å²) < 4.78 is 36.6. The van der Waals surface area contributed by atoms with Crippen LogP contribution in [0.5, 0.6) is 0 Å². The van der Waals surface area contributed by atoms with Crippen molar-refractivity contribution in [3.8, 4) is 0 Å². The first-order valence-electron chi connectivity index (χ1n) is 17.0. The van der Waals surface area contributed by atoms with Crippen molar-refractivity contribution in [3.63, 3.8) is 0 Å². The number of allylic oxidation sites excluding steroid dienone is 1. The number of nitrogens with zero attached hydrogens (tertiary/aromatic N) is 1. The van der Waals surface area contributed by atoms with Crippen molar-refractivity contribution in [1.29, 1.82) is 0 Å². The maximum absolute atomic E-state index is 13.0. The maximum atomic E-state index is 13.0. The fraction of sp³-hybridized carbons (Fsp3) is 0.903. The van der Waals surface area contributed by atoms with Gasteiger partial charge in [-0.1, -0.05) is 18.2 Å². The van der Waals surface area contributed by atoms with Crippen LogP contribution in [-0.4, -0.2) is 137 Å². The number of aliphatic hydroxyl groups is 2. The lowest BCUT2D eigenvalue weighted by Gasteiger charge is -2.31. The van der Waals surface area contributed by atoms with E-state index in [0.29, 0.717) is 37.8 Å². The first kappa shape index (κ1) is 47.2. The highest BCUT2D eigenvalue weighted by molar-refractivity contribution is 6.72. The van der Waals surface area contributed by atoms with E-state index in [1.54, 1.807) is 19.9 Å². The van der Waals surface area contributed by atoms with Crippen LogP contribution in [0.3, 0.4) is 0 Å². The number of aliphatic hydroxyl groups excluding tert-OH is 2. The molecule has 0 heterocycles. The predicted octanol–water partition coefficient (Wildman–Crippen LogP) is 5.53. The normalized spacial score (nSPS) is 15.1. The Morgan fingerprint density at radius 2 is 0.979 bits per heavy atom. The average Bonchev–Trinajstić information content (AvgIpc) is 2.87. The van der Waals surface area contributed by atoms with Crippen molar-refractivity contribution in [2.24, 2.45) is 0 Å². The van der Waals surface area contributed by atoms with Crippen LogP contribution in [0.15, 0.2) is 11.6 Å². The quantitative estimate of drug-likeness (QED) is 0.0482. The summed E-state index contributed by atoms with van der Waals surface area (Å²) in [6.45, 7) is 31.0. The summed E-state index contributed by atoms with van der Waals surface area (Å²) in [6.07, 6.45) is 1.66. The lowest BCUT2D eigenvalue weighted by Crippen LogP contribution is -2.44. The topological polar surface area (TPSA) is 116 Å². The van der Waals surface area contributed by atoms with Gasteiger partial charge < -0.3 is 42.3 Å². The Kier molecular flexibility index (Phi) is 23.0. The molecule has 0 aromatic carbocycles. The van der Waals surface area contributed by atoms with Gasteiger partial charge >= 0.3 is 0 Å². The third-order valence-corrected chi connectivity index (χ3v) is 13.0. The molecular weight excluding hydrogens is 699 g/mol. The zero-order chi connectivity index (χ0) is 36.5. The zero-order valence-electron chi connectivity index (χ0n) is 32.2. The Morgan fingerprint density at radius 1 is 0.660 bits per heavy atom. The molecule has 0 aliphatic carbocycles. The molecule has 2 unspecified atom stereocenters. The second-order valence-electron chi connectivity index (χ2n) is 15.8. The van der Waals surface area contributed by atoms with Crippen LogP contribution >= 0.6 is 0 Å². The SMILES string of the molecule is CC=C(C)C(=O)N(CC(O)COCCC[Si]C(O[Si](C)(C)C)O[Si](C)(C)C)CC(O)COCCC[Si]C(O[Si](C)(C)C)O[Si](C)(C)C. The molecule has 0 fully saturated rings. The fourth-order valence-corrected chi connectivity index (χ4v) is 13.7. The molecule has 1 amide bonds. The largest absolute Gasteiger partial charge is 0.397 e. The summed E-state index contributed by atoms with van der Waals surface area (Å²) in [6, 6.07) is 1.85. The number of carbonyl (C=O) groups is 1. The number of ether oxygens (including phenoxy) is 2. The molecule has 0 bridgehead atoms. The molecular formula is C31H69NO9Si6. The zero-order valence-corrected chi connectivity index (χ0v) is 38.2. The van der Waals surface area contributed by atoms with E-state index in [1.807, 2.05) is 0 Å². The van der Waals surface area contributed by atoms with E-state index in [4.69, 9.17) is 27.2 Å². The third kappa shape index (κ3) is 28.6. The van der Waals surface area contributed by atoms with Gasteiger partial charge in [0.2, 0.25) is 5.91 Å². The second kappa shape index (κ2) is 22.9. The van der Waals surface area contributed by atoms with Crippen LogP contribution in [0.1, 0.15) is 26.7 Å². The second-order valence-corrected chi connectivity index (χ2v) is 36.4. The van der Waals surface area contributed by atoms with E-state index in [0.717, 1.165) is 24.9 Å². The minimum Gasteiger partial charge on any atom is -0.397 e. The van der Waals surface area contributed by atoms with Gasteiger partial charge in [0.1, 0.15) is 30.9 Å². The van der Waals surface area contributed by atoms with Gasteiger partial charge in [-0.05, 0) is 105 Å². The molecule has 0 saturated heterocycles. The Labute approximate surface area is 296 Å². The van der Waals surface area contributed by atoms with E-state index in [9.17, 15) is 15.0 Å². The Hall–Kier alpha value is 0.191. The fourth-order valence-electron chi connectivity index (χ4n) is 3.95. The summed E-state index contributed by atoms with van der Waals surface area (Å²) in [4.78, 5) is 14.5. The van der Waals surface area contributed by atoms with Gasteiger partial charge in [0.25, 0.3) is 0 Å². The highest BCUT2D eigenvalue weighted by atomic mass is 28.4. The average molecular weight is 768 g/mol. The highest BCUT2D eigenvalue weighted by Gasteiger charge is 2.28. The lowest BCUT2D eigenvalue weighted by atomic mass is 10.2. The molecule has 2 N–H and O–H groups in total. The third-order valence-electron chi connectivity index (χ3n) is 5.94. The number of carbonyl (C=O) groups excluding carboxylic acids is 1. The Bertz CT molecular complexity index is 801. The smallest absolute Gasteiger partial charge is 0.249 e. The van der Waals surface area contributed by atoms with Crippen LogP contribution in [0, 0.1) is 0 Å². The molecule has 276 valence electrons. The maximum Gasteiger partial charge on any atom is 0.249 e. The van der Waals surface area contributed by atoms with Crippen molar-refractivity contribution in [2.75, 3.05) is 39.5 Å². The Morgan fingerprint density at radius 3 is 1.26 bits per heavy atom. The van der Waals surface area contributed by atoms with Crippen molar-refractivity contribution in [3.05, 3.63) is 11.6 Å². The van der Waals surface area contributed by atoms with Crippen molar-refractivity contribution in [1.82, 2.24) is 4.90 Å². The van der Waals surface area contributed by atoms with Gasteiger partial charge in [0, 0.05) is 31.9 Å². The minimum atomic E-state index is -1.72. The molecule has 47 heavy (non-hydrogen) atoms. The van der Waals surface area contributed by atoms with Crippen molar-refractivity contribution in [2.45, 2.75) is 141 Å². The first-order chi connectivity index (χ1) is 21.4. The van der Waals surface area contributed by atoms with Crippen LogP contribution in [0.2, 0.25) is 90.7 Å². The molecule has 2 atom stereocenters. The molecule has 16 heteroatoms. The molecule has 4 radical (unpaired) electrons. The van der Waals surface area contributed by atoms with Gasteiger partial charge in [-0.15, -0.1) is 0 Å². The Balaban J connectivity index is 4.69. The molecule has 10 nitrogen and oxygen atoms in total. The first-order valence-corrected chi connectivity index (χ1v) is 33.2. The summed E-state index contributed by atoms with van der Waals surface area (Å²) in [5, 5.41) is 21.4. The molecule has 0 aromatic heterocycles. The van der Waals surface area contributed by atoms with Crippen molar-refractivity contribution >= 4 is 58.2 Å². The van der Waals surface area contributed by atoms with Crippen LogP contribution in [-0.2, 0) is 32.0 Å². The summed E-state index contributed by atoms with van der Waals surface area (Å²) >= 11 is 0.